The number of benzene rings is 3. The van der Waals surface area contributed by atoms with E-state index in [4.69, 9.17) is 0 Å². The van der Waals surface area contributed by atoms with Gasteiger partial charge in [-0.05, 0) is 40.8 Å². The molecule has 0 heterocycles. The number of anilines is 1. The lowest BCUT2D eigenvalue weighted by Crippen LogP contribution is -2.53. The summed E-state index contributed by atoms with van der Waals surface area (Å²) in [6.45, 7) is 3.66. The number of carbonyl (C=O) groups excluding carboxylic acids is 2. The van der Waals surface area contributed by atoms with Gasteiger partial charge < -0.3 is 10.2 Å². The van der Waals surface area contributed by atoms with Crippen LogP contribution in [0.3, 0.4) is 0 Å². The molecule has 0 fully saturated rings. The molecule has 0 saturated carbocycles. The van der Waals surface area contributed by atoms with Crippen LogP contribution in [0.1, 0.15) is 36.5 Å². The molecule has 3 aromatic rings. The minimum absolute atomic E-state index is 0.0427. The fourth-order valence-electron chi connectivity index (χ4n) is 4.30. The highest BCUT2D eigenvalue weighted by molar-refractivity contribution is 9.10. The zero-order valence-corrected chi connectivity index (χ0v) is 24.5. The second-order valence-corrected chi connectivity index (χ2v) is 12.3. The number of halogens is 1. The first kappa shape index (κ1) is 29.4. The van der Waals surface area contributed by atoms with Crippen molar-refractivity contribution in [2.45, 2.75) is 38.8 Å². The van der Waals surface area contributed by atoms with Gasteiger partial charge in [-0.2, -0.15) is 0 Å². The summed E-state index contributed by atoms with van der Waals surface area (Å²) in [6, 6.07) is 23.3. The summed E-state index contributed by atoms with van der Waals surface area (Å²) >= 11 is 3.43. The van der Waals surface area contributed by atoms with Crippen molar-refractivity contribution in [3.63, 3.8) is 0 Å². The van der Waals surface area contributed by atoms with Gasteiger partial charge in [-0.25, -0.2) is 8.42 Å². The van der Waals surface area contributed by atoms with Crippen LogP contribution in [0.4, 0.5) is 5.69 Å². The fraction of sp³-hybridized carbons (Fsp3) is 0.310. The molecular formula is C29H34BrN3O4S. The second kappa shape index (κ2) is 13.1. The van der Waals surface area contributed by atoms with Crippen LogP contribution in [0, 0.1) is 0 Å². The monoisotopic (exact) mass is 599 g/mol. The number of para-hydroxylation sites is 1. The standard InChI is InChI=1S/C29H34BrN3O4S/c1-21(2)25-12-8-9-13-26(25)33(38(4,36)37)20-28(34)32(19-23-14-16-24(30)17-15-23)27(29(35)31-3)18-22-10-6-5-7-11-22/h5-17,21,27H,18-20H2,1-4H3,(H,31,35)/t27-/m1/s1. The Bertz CT molecular complexity index is 1350. The van der Waals surface area contributed by atoms with Crippen molar-refractivity contribution >= 4 is 43.5 Å². The first-order valence-electron chi connectivity index (χ1n) is 12.4. The number of likely N-dealkylation sites (N-methyl/N-ethyl adjacent to an activating group) is 1. The van der Waals surface area contributed by atoms with Crippen molar-refractivity contribution in [2.75, 3.05) is 24.2 Å². The van der Waals surface area contributed by atoms with Crippen LogP contribution in [-0.4, -0.2) is 51.0 Å². The van der Waals surface area contributed by atoms with Crippen LogP contribution in [0.2, 0.25) is 0 Å². The highest BCUT2D eigenvalue weighted by Crippen LogP contribution is 2.29. The summed E-state index contributed by atoms with van der Waals surface area (Å²) in [5.41, 5.74) is 2.98. The van der Waals surface area contributed by atoms with E-state index in [9.17, 15) is 18.0 Å². The zero-order valence-electron chi connectivity index (χ0n) is 22.1. The average molecular weight is 601 g/mol. The lowest BCUT2D eigenvalue weighted by atomic mass is 10.0. The maximum Gasteiger partial charge on any atom is 0.244 e. The van der Waals surface area contributed by atoms with Gasteiger partial charge in [-0.3, -0.25) is 13.9 Å². The Labute approximate surface area is 234 Å². The fourth-order valence-corrected chi connectivity index (χ4v) is 5.44. The molecule has 0 saturated heterocycles. The summed E-state index contributed by atoms with van der Waals surface area (Å²) in [7, 11) is -2.28. The van der Waals surface area contributed by atoms with Gasteiger partial charge in [-0.1, -0.05) is 90.4 Å². The molecule has 0 aromatic heterocycles. The lowest BCUT2D eigenvalue weighted by molar-refractivity contribution is -0.139. The highest BCUT2D eigenvalue weighted by Gasteiger charge is 2.33. The molecule has 38 heavy (non-hydrogen) atoms. The predicted octanol–water partition coefficient (Wildman–Crippen LogP) is 4.72. The van der Waals surface area contributed by atoms with Gasteiger partial charge in [0.15, 0.2) is 0 Å². The van der Waals surface area contributed by atoms with Crippen molar-refractivity contribution < 1.29 is 18.0 Å². The highest BCUT2D eigenvalue weighted by atomic mass is 79.9. The Kier molecular flexibility index (Phi) is 10.1. The van der Waals surface area contributed by atoms with Gasteiger partial charge in [-0.15, -0.1) is 0 Å². The third-order valence-electron chi connectivity index (χ3n) is 6.29. The molecule has 202 valence electrons. The lowest BCUT2D eigenvalue weighted by Gasteiger charge is -2.34. The third kappa shape index (κ3) is 7.68. The van der Waals surface area contributed by atoms with Crippen molar-refractivity contribution in [3.8, 4) is 0 Å². The summed E-state index contributed by atoms with van der Waals surface area (Å²) in [4.78, 5) is 28.6. The van der Waals surface area contributed by atoms with Gasteiger partial charge in [0.2, 0.25) is 21.8 Å². The number of hydrogen-bond donors (Lipinski definition) is 1. The maximum atomic E-state index is 14.0. The molecule has 1 atom stereocenters. The Morgan fingerprint density at radius 3 is 2.08 bits per heavy atom. The number of nitrogens with zero attached hydrogens (tertiary/aromatic N) is 2. The van der Waals surface area contributed by atoms with Crippen molar-refractivity contribution in [1.82, 2.24) is 10.2 Å². The van der Waals surface area contributed by atoms with Crippen LogP contribution >= 0.6 is 15.9 Å². The van der Waals surface area contributed by atoms with E-state index in [-0.39, 0.29) is 24.8 Å². The molecule has 0 aliphatic rings. The number of nitrogens with one attached hydrogen (secondary N) is 1. The molecule has 2 amide bonds. The molecule has 7 nitrogen and oxygen atoms in total. The van der Waals surface area contributed by atoms with E-state index in [0.717, 1.165) is 31.7 Å². The van der Waals surface area contributed by atoms with E-state index in [2.05, 4.69) is 21.2 Å². The summed E-state index contributed by atoms with van der Waals surface area (Å²) < 4.78 is 28.0. The van der Waals surface area contributed by atoms with Crippen LogP contribution in [0.25, 0.3) is 0 Å². The normalized spacial score (nSPS) is 12.2. The molecule has 3 aromatic carbocycles. The predicted molar refractivity (Wildman–Crippen MR) is 155 cm³/mol. The molecule has 3 rings (SSSR count). The SMILES string of the molecule is CNC(=O)[C@@H](Cc1ccccc1)N(Cc1ccc(Br)cc1)C(=O)CN(c1ccccc1C(C)C)S(C)(=O)=O. The van der Waals surface area contributed by atoms with Gasteiger partial charge in [0.05, 0.1) is 11.9 Å². The second-order valence-electron chi connectivity index (χ2n) is 9.45. The van der Waals surface area contributed by atoms with E-state index in [0.29, 0.717) is 5.69 Å². The Hall–Kier alpha value is -3.17. The quantitative estimate of drug-likeness (QED) is 0.345. The topological polar surface area (TPSA) is 86.8 Å². The van der Waals surface area contributed by atoms with Crippen LogP contribution in [0.5, 0.6) is 0 Å². The van der Waals surface area contributed by atoms with E-state index < -0.39 is 28.5 Å². The molecule has 0 spiro atoms. The van der Waals surface area contributed by atoms with Crippen molar-refractivity contribution in [3.05, 3.63) is 100 Å². The zero-order chi connectivity index (χ0) is 27.9. The van der Waals surface area contributed by atoms with E-state index >= 15 is 0 Å². The van der Waals surface area contributed by atoms with Gasteiger partial charge >= 0.3 is 0 Å². The minimum Gasteiger partial charge on any atom is -0.357 e. The van der Waals surface area contributed by atoms with Crippen LogP contribution in [-0.2, 0) is 32.6 Å². The number of carbonyl (C=O) groups is 2. The molecule has 0 aliphatic carbocycles. The van der Waals surface area contributed by atoms with Gasteiger partial charge in [0, 0.05) is 24.5 Å². The number of sulfonamides is 1. The van der Waals surface area contributed by atoms with Crippen molar-refractivity contribution in [1.29, 1.82) is 0 Å². The molecule has 0 bridgehead atoms. The Morgan fingerprint density at radius 1 is 0.895 bits per heavy atom. The van der Waals surface area contributed by atoms with E-state index in [1.54, 1.807) is 12.1 Å². The number of amides is 2. The first-order chi connectivity index (χ1) is 18.0. The van der Waals surface area contributed by atoms with Gasteiger partial charge in [0.25, 0.3) is 0 Å². The van der Waals surface area contributed by atoms with Crippen molar-refractivity contribution in [2.24, 2.45) is 0 Å². The molecular weight excluding hydrogens is 566 g/mol. The Morgan fingerprint density at radius 2 is 1.50 bits per heavy atom. The molecule has 0 aliphatic heterocycles. The first-order valence-corrected chi connectivity index (χ1v) is 15.0. The third-order valence-corrected chi connectivity index (χ3v) is 7.95. The summed E-state index contributed by atoms with van der Waals surface area (Å²) in [5, 5.41) is 2.68. The average Bonchev–Trinajstić information content (AvgIpc) is 2.89. The summed E-state index contributed by atoms with van der Waals surface area (Å²) in [5.74, 6) is -0.754. The molecule has 0 unspecified atom stereocenters. The minimum atomic E-state index is -3.81. The van der Waals surface area contributed by atoms with E-state index in [1.807, 2.05) is 80.6 Å². The maximum absolute atomic E-state index is 14.0. The number of rotatable bonds is 11. The number of hydrogen-bond acceptors (Lipinski definition) is 4. The van der Waals surface area contributed by atoms with Gasteiger partial charge in [0.1, 0.15) is 12.6 Å². The molecule has 0 radical (unpaired) electrons. The van der Waals surface area contributed by atoms with Crippen LogP contribution in [0.15, 0.2) is 83.3 Å². The smallest absolute Gasteiger partial charge is 0.244 e. The molecule has 1 N–H and O–H groups in total. The van der Waals surface area contributed by atoms with E-state index in [1.165, 1.54) is 11.9 Å². The Balaban J connectivity index is 2.06. The largest absolute Gasteiger partial charge is 0.357 e. The molecule has 9 heteroatoms. The summed E-state index contributed by atoms with van der Waals surface area (Å²) in [6.07, 6.45) is 1.38. The van der Waals surface area contributed by atoms with Crippen LogP contribution < -0.4 is 9.62 Å².